The van der Waals surface area contributed by atoms with Gasteiger partial charge in [0.25, 0.3) is 0 Å². The van der Waals surface area contributed by atoms with Gasteiger partial charge in [0.15, 0.2) is 0 Å². The van der Waals surface area contributed by atoms with E-state index in [1.54, 1.807) is 7.11 Å². The van der Waals surface area contributed by atoms with Gasteiger partial charge in [0.1, 0.15) is 5.75 Å². The fourth-order valence-corrected chi connectivity index (χ4v) is 5.63. The van der Waals surface area contributed by atoms with Gasteiger partial charge in [0.2, 0.25) is 0 Å². The molecule has 1 N–H and O–H groups in total. The summed E-state index contributed by atoms with van der Waals surface area (Å²) in [5.41, 5.74) is 9.42. The van der Waals surface area contributed by atoms with Crippen molar-refractivity contribution in [2.24, 2.45) is 0 Å². The number of ether oxygens (including phenoxy) is 1. The van der Waals surface area contributed by atoms with E-state index in [1.807, 2.05) is 19.9 Å². The predicted octanol–water partition coefficient (Wildman–Crippen LogP) is 9.21. The van der Waals surface area contributed by atoms with Gasteiger partial charge in [0, 0.05) is 5.41 Å². The van der Waals surface area contributed by atoms with E-state index in [1.165, 1.54) is 44.5 Å². The SMILES string of the molecule is CCc1cc(-c2ccc(C(CC)(CC)c3ccc(/C=C/C(O)(CC)CC)c(C)c3)cc2C)ccc1OC. The first-order valence-corrected chi connectivity index (χ1v) is 14.0. The maximum absolute atomic E-state index is 10.7. The second-order valence-electron chi connectivity index (χ2n) is 10.4. The van der Waals surface area contributed by atoms with Crippen LogP contribution in [0.4, 0.5) is 0 Å². The summed E-state index contributed by atoms with van der Waals surface area (Å²) in [6.07, 6.45) is 8.51. The van der Waals surface area contributed by atoms with Crippen LogP contribution in [-0.2, 0) is 11.8 Å². The molecule has 3 aromatic carbocycles. The van der Waals surface area contributed by atoms with Crippen LogP contribution in [0.25, 0.3) is 17.2 Å². The summed E-state index contributed by atoms with van der Waals surface area (Å²) in [6.45, 7) is 15.2. The largest absolute Gasteiger partial charge is 0.496 e. The quantitative estimate of drug-likeness (QED) is 0.285. The predicted molar refractivity (Wildman–Crippen MR) is 160 cm³/mol. The van der Waals surface area contributed by atoms with Crippen molar-refractivity contribution in [2.45, 2.75) is 91.6 Å². The van der Waals surface area contributed by atoms with Crippen LogP contribution in [0.5, 0.6) is 5.75 Å². The van der Waals surface area contributed by atoms with Gasteiger partial charge in [-0.1, -0.05) is 89.2 Å². The van der Waals surface area contributed by atoms with Crippen LogP contribution in [0, 0.1) is 13.8 Å². The van der Waals surface area contributed by atoms with Crippen molar-refractivity contribution < 1.29 is 9.84 Å². The molecule has 0 bridgehead atoms. The third kappa shape index (κ3) is 5.85. The molecule has 2 heteroatoms. The van der Waals surface area contributed by atoms with Crippen LogP contribution in [0.2, 0.25) is 0 Å². The summed E-state index contributed by atoms with van der Waals surface area (Å²) >= 11 is 0. The average molecular weight is 499 g/mol. The number of rotatable bonds is 11. The van der Waals surface area contributed by atoms with E-state index in [0.29, 0.717) is 0 Å². The highest BCUT2D eigenvalue weighted by atomic mass is 16.5. The molecule has 0 radical (unpaired) electrons. The molecule has 3 rings (SSSR count). The van der Waals surface area contributed by atoms with Crippen molar-refractivity contribution in [2.75, 3.05) is 7.11 Å². The van der Waals surface area contributed by atoms with Gasteiger partial charge in [-0.2, -0.15) is 0 Å². The molecule has 0 spiro atoms. The summed E-state index contributed by atoms with van der Waals surface area (Å²) in [6, 6.07) is 20.4. The van der Waals surface area contributed by atoms with Gasteiger partial charge in [-0.3, -0.25) is 0 Å². The van der Waals surface area contributed by atoms with Gasteiger partial charge in [-0.15, -0.1) is 0 Å². The summed E-state index contributed by atoms with van der Waals surface area (Å²) in [5.74, 6) is 0.958. The molecule has 198 valence electrons. The van der Waals surface area contributed by atoms with Crippen LogP contribution >= 0.6 is 0 Å². The highest BCUT2D eigenvalue weighted by Crippen LogP contribution is 2.41. The topological polar surface area (TPSA) is 29.5 Å². The van der Waals surface area contributed by atoms with Crippen LogP contribution in [0.1, 0.15) is 93.7 Å². The van der Waals surface area contributed by atoms with E-state index >= 15 is 0 Å². The van der Waals surface area contributed by atoms with Crippen molar-refractivity contribution >= 4 is 6.08 Å². The average Bonchev–Trinajstić information content (AvgIpc) is 2.93. The molecule has 0 unspecified atom stereocenters. The minimum atomic E-state index is -0.733. The molecule has 0 amide bonds. The summed E-state index contributed by atoms with van der Waals surface area (Å²) in [5, 5.41) is 10.7. The first-order chi connectivity index (χ1) is 17.7. The van der Waals surface area contributed by atoms with Crippen LogP contribution < -0.4 is 4.74 Å². The number of methoxy groups -OCH3 is 1. The molecule has 0 aliphatic carbocycles. The minimum Gasteiger partial charge on any atom is -0.496 e. The highest BCUT2D eigenvalue weighted by Gasteiger charge is 2.31. The smallest absolute Gasteiger partial charge is 0.122 e. The Hall–Kier alpha value is -2.84. The Bertz CT molecular complexity index is 1230. The van der Waals surface area contributed by atoms with Gasteiger partial charge in [0.05, 0.1) is 12.7 Å². The monoisotopic (exact) mass is 498 g/mol. The van der Waals surface area contributed by atoms with E-state index < -0.39 is 5.60 Å². The maximum Gasteiger partial charge on any atom is 0.122 e. The standard InChI is InChI=1S/C35H46O2/c1-9-27-24-29(15-19-33(27)37-8)32-18-17-31(23-26(32)7)35(12-4,13-5)30-16-14-28(25(6)22-30)20-21-34(36,10-2)11-3/h14-24,36H,9-13H2,1-8H3/b21-20+. The Morgan fingerprint density at radius 2 is 1.38 bits per heavy atom. The molecular weight excluding hydrogens is 452 g/mol. The Morgan fingerprint density at radius 3 is 1.89 bits per heavy atom. The number of hydrogen-bond acceptors (Lipinski definition) is 2. The molecule has 3 aromatic rings. The number of benzene rings is 3. The molecule has 0 aliphatic heterocycles. The Morgan fingerprint density at radius 1 is 0.757 bits per heavy atom. The first kappa shape index (κ1) is 28.7. The van der Waals surface area contributed by atoms with Crippen molar-refractivity contribution in [1.82, 2.24) is 0 Å². The summed E-state index contributed by atoms with van der Waals surface area (Å²) in [4.78, 5) is 0. The van der Waals surface area contributed by atoms with Crippen molar-refractivity contribution in [3.63, 3.8) is 0 Å². The Kier molecular flexibility index (Phi) is 9.42. The third-order valence-corrected chi connectivity index (χ3v) is 8.58. The Balaban J connectivity index is 2.02. The lowest BCUT2D eigenvalue weighted by molar-refractivity contribution is 0.0836. The fourth-order valence-electron chi connectivity index (χ4n) is 5.63. The zero-order valence-corrected chi connectivity index (χ0v) is 24.2. The molecule has 0 atom stereocenters. The lowest BCUT2D eigenvalue weighted by atomic mass is 9.69. The van der Waals surface area contributed by atoms with E-state index in [4.69, 9.17) is 4.74 Å². The second kappa shape index (κ2) is 12.1. The molecule has 0 saturated carbocycles. The van der Waals surface area contributed by atoms with Crippen molar-refractivity contribution in [1.29, 1.82) is 0 Å². The van der Waals surface area contributed by atoms with E-state index in [9.17, 15) is 5.11 Å². The van der Waals surface area contributed by atoms with Crippen LogP contribution in [-0.4, -0.2) is 17.8 Å². The Labute approximate surface area is 225 Å². The molecule has 0 fully saturated rings. The van der Waals surface area contributed by atoms with Crippen molar-refractivity contribution in [3.8, 4) is 16.9 Å². The van der Waals surface area contributed by atoms with Gasteiger partial charge < -0.3 is 9.84 Å². The lowest BCUT2D eigenvalue weighted by Gasteiger charge is -2.34. The molecule has 0 aromatic heterocycles. The number of aliphatic hydroxyl groups is 1. The van der Waals surface area contributed by atoms with Gasteiger partial charge in [-0.05, 0) is 103 Å². The maximum atomic E-state index is 10.7. The third-order valence-electron chi connectivity index (χ3n) is 8.58. The summed E-state index contributed by atoms with van der Waals surface area (Å²) in [7, 11) is 1.74. The van der Waals surface area contributed by atoms with E-state index in [2.05, 4.69) is 95.3 Å². The first-order valence-electron chi connectivity index (χ1n) is 14.0. The lowest BCUT2D eigenvalue weighted by Crippen LogP contribution is -2.26. The zero-order valence-electron chi connectivity index (χ0n) is 24.2. The van der Waals surface area contributed by atoms with Gasteiger partial charge in [-0.25, -0.2) is 0 Å². The van der Waals surface area contributed by atoms with E-state index in [-0.39, 0.29) is 5.41 Å². The molecule has 0 heterocycles. The second-order valence-corrected chi connectivity index (χ2v) is 10.4. The summed E-state index contributed by atoms with van der Waals surface area (Å²) < 4.78 is 5.54. The van der Waals surface area contributed by atoms with Gasteiger partial charge >= 0.3 is 0 Å². The van der Waals surface area contributed by atoms with E-state index in [0.717, 1.165) is 37.9 Å². The minimum absolute atomic E-state index is 0.0433. The molecule has 0 aliphatic rings. The van der Waals surface area contributed by atoms with Crippen molar-refractivity contribution in [3.05, 3.63) is 94.1 Å². The van der Waals surface area contributed by atoms with Crippen LogP contribution in [0.15, 0.2) is 60.7 Å². The zero-order chi connectivity index (χ0) is 27.2. The molecule has 37 heavy (non-hydrogen) atoms. The number of hydrogen-bond donors (Lipinski definition) is 1. The highest BCUT2D eigenvalue weighted by molar-refractivity contribution is 5.70. The number of aryl methyl sites for hydroxylation is 3. The fraction of sp³-hybridized carbons (Fsp3) is 0.429. The molecular formula is C35H46O2. The molecule has 2 nitrogen and oxygen atoms in total. The molecule has 0 saturated heterocycles. The normalized spacial score (nSPS) is 12.4. The van der Waals surface area contributed by atoms with Crippen LogP contribution in [0.3, 0.4) is 0 Å².